The minimum absolute atomic E-state index is 0.0433. The van der Waals surface area contributed by atoms with Crippen LogP contribution in [0.2, 0.25) is 0 Å². The van der Waals surface area contributed by atoms with Crippen LogP contribution in [0.15, 0.2) is 65.7 Å². The van der Waals surface area contributed by atoms with Gasteiger partial charge in [0.05, 0.1) is 0 Å². The molecule has 5 N–H and O–H groups in total. The zero-order valence-electron chi connectivity index (χ0n) is 21.5. The van der Waals surface area contributed by atoms with E-state index in [1.807, 2.05) is 12.1 Å². The molecule has 1 fully saturated rings. The minimum atomic E-state index is -1.17. The number of nitrogens with zero attached hydrogens (tertiary/aromatic N) is 3. The fourth-order valence-corrected chi connectivity index (χ4v) is 4.00. The Kier molecular flexibility index (Phi) is 10.8. The number of amides is 3. The number of nitrogens with two attached hydrogens (primary N) is 2. The SMILES string of the molecule is NC(=NC(=O)[C@@H]1CCCN1C(=O)COc1ccccc1)N(CCC[C@H](N)C(=O)O)C(=O)OCc1ccccc1. The van der Waals surface area contributed by atoms with Gasteiger partial charge < -0.3 is 30.9 Å². The van der Waals surface area contributed by atoms with E-state index in [0.717, 1.165) is 10.5 Å². The van der Waals surface area contributed by atoms with Crippen LogP contribution in [0, 0.1) is 0 Å². The van der Waals surface area contributed by atoms with Crippen molar-refractivity contribution in [3.05, 3.63) is 66.2 Å². The molecular weight excluding hydrogens is 506 g/mol. The molecule has 1 aliphatic heterocycles. The highest BCUT2D eigenvalue weighted by Gasteiger charge is 2.35. The Morgan fingerprint density at radius 2 is 1.74 bits per heavy atom. The Bertz CT molecular complexity index is 1160. The number of hydrogen-bond donors (Lipinski definition) is 3. The molecule has 0 radical (unpaired) electrons. The Hall–Kier alpha value is -4.45. The van der Waals surface area contributed by atoms with Crippen LogP contribution in [0.4, 0.5) is 4.79 Å². The van der Waals surface area contributed by atoms with Gasteiger partial charge in [0.2, 0.25) is 5.96 Å². The van der Waals surface area contributed by atoms with Gasteiger partial charge in [-0.15, -0.1) is 0 Å². The number of aliphatic imine (C=N–C) groups is 1. The molecule has 0 saturated carbocycles. The van der Waals surface area contributed by atoms with Crippen molar-refractivity contribution in [1.82, 2.24) is 9.80 Å². The highest BCUT2D eigenvalue weighted by Crippen LogP contribution is 2.20. The van der Waals surface area contributed by atoms with E-state index in [-0.39, 0.29) is 38.5 Å². The molecule has 0 spiro atoms. The average molecular weight is 540 g/mol. The van der Waals surface area contributed by atoms with E-state index < -0.39 is 36.0 Å². The van der Waals surface area contributed by atoms with Crippen LogP contribution in [0.5, 0.6) is 5.75 Å². The largest absolute Gasteiger partial charge is 0.484 e. The number of carboxylic acids is 1. The highest BCUT2D eigenvalue weighted by molar-refractivity contribution is 6.01. The zero-order chi connectivity index (χ0) is 28.2. The molecule has 2 aromatic carbocycles. The normalized spacial score (nSPS) is 15.9. The molecule has 1 aliphatic rings. The molecule has 2 atom stereocenters. The summed E-state index contributed by atoms with van der Waals surface area (Å²) < 4.78 is 10.9. The van der Waals surface area contributed by atoms with Gasteiger partial charge in [-0.25, -0.2) is 9.69 Å². The molecule has 39 heavy (non-hydrogen) atoms. The lowest BCUT2D eigenvalue weighted by Gasteiger charge is -2.24. The van der Waals surface area contributed by atoms with E-state index in [4.69, 9.17) is 26.0 Å². The number of para-hydroxylation sites is 1. The van der Waals surface area contributed by atoms with Gasteiger partial charge in [0.1, 0.15) is 24.4 Å². The summed E-state index contributed by atoms with van der Waals surface area (Å²) in [6, 6.07) is 15.8. The van der Waals surface area contributed by atoms with Gasteiger partial charge in [-0.1, -0.05) is 48.5 Å². The van der Waals surface area contributed by atoms with Gasteiger partial charge in [-0.3, -0.25) is 14.4 Å². The number of hydrogen-bond acceptors (Lipinski definition) is 7. The van der Waals surface area contributed by atoms with Crippen LogP contribution in [-0.2, 0) is 25.7 Å². The number of carbonyl (C=O) groups is 4. The van der Waals surface area contributed by atoms with Crippen molar-refractivity contribution in [3.8, 4) is 5.75 Å². The van der Waals surface area contributed by atoms with E-state index in [2.05, 4.69) is 4.99 Å². The lowest BCUT2D eigenvalue weighted by molar-refractivity contribution is -0.139. The molecule has 208 valence electrons. The van der Waals surface area contributed by atoms with Crippen molar-refractivity contribution in [3.63, 3.8) is 0 Å². The summed E-state index contributed by atoms with van der Waals surface area (Å²) in [5, 5.41) is 9.02. The van der Waals surface area contributed by atoms with Crippen molar-refractivity contribution >= 4 is 29.8 Å². The van der Waals surface area contributed by atoms with Gasteiger partial charge in [0.25, 0.3) is 11.8 Å². The summed E-state index contributed by atoms with van der Waals surface area (Å²) in [6.45, 7) is 0.00127. The van der Waals surface area contributed by atoms with E-state index >= 15 is 0 Å². The van der Waals surface area contributed by atoms with Crippen LogP contribution in [0.25, 0.3) is 0 Å². The first-order valence-electron chi connectivity index (χ1n) is 12.6. The average Bonchev–Trinajstić information content (AvgIpc) is 3.44. The van der Waals surface area contributed by atoms with Crippen LogP contribution in [0.1, 0.15) is 31.2 Å². The molecule has 0 bridgehead atoms. The third kappa shape index (κ3) is 8.82. The van der Waals surface area contributed by atoms with Crippen molar-refractivity contribution in [2.24, 2.45) is 16.5 Å². The van der Waals surface area contributed by atoms with Crippen LogP contribution in [0.3, 0.4) is 0 Å². The number of carboxylic acid groups (broad SMARTS) is 1. The summed E-state index contributed by atoms with van der Waals surface area (Å²) in [5.41, 5.74) is 12.4. The maximum atomic E-state index is 13.0. The lowest BCUT2D eigenvalue weighted by Crippen LogP contribution is -2.46. The lowest BCUT2D eigenvalue weighted by atomic mass is 10.1. The number of ether oxygens (including phenoxy) is 2. The topological polar surface area (TPSA) is 178 Å². The third-order valence-electron chi connectivity index (χ3n) is 6.10. The second-order valence-electron chi connectivity index (χ2n) is 8.93. The van der Waals surface area contributed by atoms with E-state index in [1.165, 1.54) is 4.90 Å². The molecule has 12 heteroatoms. The first kappa shape index (κ1) is 29.1. The molecule has 1 saturated heterocycles. The van der Waals surface area contributed by atoms with Gasteiger partial charge in [0, 0.05) is 13.1 Å². The summed E-state index contributed by atoms with van der Waals surface area (Å²) >= 11 is 0. The number of aliphatic carboxylic acids is 1. The smallest absolute Gasteiger partial charge is 0.416 e. The molecule has 0 unspecified atom stereocenters. The quantitative estimate of drug-likeness (QED) is 0.283. The fourth-order valence-electron chi connectivity index (χ4n) is 4.00. The first-order valence-corrected chi connectivity index (χ1v) is 12.6. The maximum absolute atomic E-state index is 13.0. The van der Waals surface area contributed by atoms with Crippen molar-refractivity contribution in [2.45, 2.75) is 44.4 Å². The second kappa shape index (κ2) is 14.5. The van der Waals surface area contributed by atoms with Crippen molar-refractivity contribution in [2.75, 3.05) is 19.7 Å². The Morgan fingerprint density at radius 3 is 2.41 bits per heavy atom. The molecule has 0 aliphatic carbocycles. The predicted octanol–water partition coefficient (Wildman–Crippen LogP) is 1.73. The summed E-state index contributed by atoms with van der Waals surface area (Å²) in [7, 11) is 0. The predicted molar refractivity (Wildman–Crippen MR) is 141 cm³/mol. The molecule has 3 amide bonds. The van der Waals surface area contributed by atoms with Gasteiger partial charge in [-0.2, -0.15) is 4.99 Å². The molecule has 3 rings (SSSR count). The third-order valence-corrected chi connectivity index (χ3v) is 6.10. The van der Waals surface area contributed by atoms with Gasteiger partial charge in [0.15, 0.2) is 6.61 Å². The monoisotopic (exact) mass is 539 g/mol. The zero-order valence-corrected chi connectivity index (χ0v) is 21.5. The van der Waals surface area contributed by atoms with Gasteiger partial charge in [-0.05, 0) is 43.4 Å². The fraction of sp³-hybridized carbons (Fsp3) is 0.370. The maximum Gasteiger partial charge on any atom is 0.416 e. The number of benzene rings is 2. The van der Waals surface area contributed by atoms with Crippen LogP contribution >= 0.6 is 0 Å². The summed E-state index contributed by atoms with van der Waals surface area (Å²) in [5.74, 6) is -2.11. The Balaban J connectivity index is 1.66. The first-order chi connectivity index (χ1) is 18.8. The van der Waals surface area contributed by atoms with Crippen LogP contribution in [-0.4, -0.2) is 76.5 Å². The molecular formula is C27H33N5O7. The highest BCUT2D eigenvalue weighted by atomic mass is 16.6. The summed E-state index contributed by atoms with van der Waals surface area (Å²) in [4.78, 5) is 56.0. The number of guanidine groups is 1. The molecule has 1 heterocycles. The Morgan fingerprint density at radius 1 is 1.08 bits per heavy atom. The number of likely N-dealkylation sites (tertiary alicyclic amines) is 1. The van der Waals surface area contributed by atoms with Crippen molar-refractivity contribution in [1.29, 1.82) is 0 Å². The standard InChI is InChI=1S/C27H33N5O7/c28-21(25(35)36)13-7-16-32(27(37)39-17-19-9-3-1-4-10-19)26(29)30-24(34)22-14-8-15-31(22)23(33)18-38-20-11-5-2-6-12-20/h1-6,9-12,21-22H,7-8,13-18,28H2,(H,35,36)(H2,29,30,34)/t21-,22-/m0/s1. The minimum Gasteiger partial charge on any atom is -0.484 e. The summed E-state index contributed by atoms with van der Waals surface area (Å²) in [6.07, 6.45) is 0.360. The van der Waals surface area contributed by atoms with E-state index in [9.17, 15) is 19.2 Å². The number of carbonyl (C=O) groups excluding carboxylic acids is 3. The molecule has 2 aromatic rings. The molecule has 12 nitrogen and oxygen atoms in total. The van der Waals surface area contributed by atoms with E-state index in [1.54, 1.807) is 48.5 Å². The Labute approximate surface area is 226 Å². The van der Waals surface area contributed by atoms with Gasteiger partial charge >= 0.3 is 12.1 Å². The van der Waals surface area contributed by atoms with E-state index in [0.29, 0.717) is 25.1 Å². The second-order valence-corrected chi connectivity index (χ2v) is 8.93. The number of rotatable bonds is 11. The van der Waals surface area contributed by atoms with Crippen molar-refractivity contribution < 1.29 is 33.8 Å². The molecule has 0 aromatic heterocycles. The van der Waals surface area contributed by atoms with Crippen LogP contribution < -0.4 is 16.2 Å².